The molecule has 4 aromatic rings. The molecule has 0 bridgehead atoms. The molecule has 3 heterocycles. The molecular formula is C36H42N10O7. The molecule has 2 aliphatic rings. The molecule has 278 valence electrons. The highest BCUT2D eigenvalue weighted by Crippen LogP contribution is 2.49. The summed E-state index contributed by atoms with van der Waals surface area (Å²) in [6, 6.07) is 11.4. The Labute approximate surface area is 304 Å². The van der Waals surface area contributed by atoms with E-state index in [0.29, 0.717) is 35.7 Å². The summed E-state index contributed by atoms with van der Waals surface area (Å²) in [5.74, 6) is -0.974. The number of nitrogens with two attached hydrogens (primary N) is 1. The van der Waals surface area contributed by atoms with E-state index in [1.165, 1.54) is 23.9 Å². The number of nitrogens with zero attached hydrogens (tertiary/aromatic N) is 5. The van der Waals surface area contributed by atoms with Crippen LogP contribution in [0.4, 0.5) is 11.6 Å². The van der Waals surface area contributed by atoms with Gasteiger partial charge in [-0.05, 0) is 81.2 Å². The van der Waals surface area contributed by atoms with Crippen molar-refractivity contribution in [3.63, 3.8) is 0 Å². The van der Waals surface area contributed by atoms with E-state index in [0.717, 1.165) is 25.1 Å². The van der Waals surface area contributed by atoms with E-state index in [1.54, 1.807) is 26.4 Å². The second-order valence-corrected chi connectivity index (χ2v) is 13.2. The van der Waals surface area contributed by atoms with Crippen molar-refractivity contribution in [2.45, 2.75) is 62.6 Å². The Hall–Kier alpha value is -6.10. The first-order chi connectivity index (χ1) is 25.5. The fourth-order valence-electron chi connectivity index (χ4n) is 7.14. The van der Waals surface area contributed by atoms with Crippen LogP contribution in [0.2, 0.25) is 0 Å². The molecule has 0 radical (unpaired) electrons. The number of H-pyrrole nitrogens is 1. The number of anilines is 2. The van der Waals surface area contributed by atoms with Crippen LogP contribution in [0.1, 0.15) is 60.1 Å². The number of aliphatic carboxylic acids is 1. The van der Waals surface area contributed by atoms with Crippen LogP contribution in [0.25, 0.3) is 11.2 Å². The summed E-state index contributed by atoms with van der Waals surface area (Å²) in [5, 5.41) is 19.8. The Kier molecular flexibility index (Phi) is 10.8. The topological polar surface area (TPSA) is 239 Å². The van der Waals surface area contributed by atoms with Gasteiger partial charge in [0.25, 0.3) is 11.5 Å². The van der Waals surface area contributed by atoms with E-state index in [9.17, 15) is 24.3 Å². The maximum Gasteiger partial charge on any atom is 0.326 e. The van der Waals surface area contributed by atoms with Crippen LogP contribution in [0, 0.1) is 0 Å². The number of benzene rings is 2. The highest BCUT2D eigenvalue weighted by molar-refractivity contribution is 5.97. The van der Waals surface area contributed by atoms with Gasteiger partial charge in [0.2, 0.25) is 11.9 Å². The number of hydrogen-bond acceptors (Lipinski definition) is 13. The third-order valence-corrected chi connectivity index (χ3v) is 10.0. The summed E-state index contributed by atoms with van der Waals surface area (Å²) in [6.45, 7) is 1.16. The second-order valence-electron chi connectivity index (χ2n) is 13.2. The molecule has 1 saturated heterocycles. The average molecular weight is 727 g/mol. The minimum absolute atomic E-state index is 0.0510. The maximum absolute atomic E-state index is 12.9. The Balaban J connectivity index is 0.994. The molecule has 1 aliphatic carbocycles. The van der Waals surface area contributed by atoms with Gasteiger partial charge in [-0.1, -0.05) is 6.07 Å². The number of fused-ring (bicyclic) bond motifs is 2. The van der Waals surface area contributed by atoms with Crippen molar-refractivity contribution >= 4 is 46.3 Å². The number of carbonyl (C=O) groups is 3. The zero-order valence-electron chi connectivity index (χ0n) is 29.6. The van der Waals surface area contributed by atoms with E-state index in [-0.39, 0.29) is 53.5 Å². The fourth-order valence-corrected chi connectivity index (χ4v) is 7.14. The normalized spacial score (nSPS) is 19.7. The van der Waals surface area contributed by atoms with E-state index < -0.39 is 29.4 Å². The van der Waals surface area contributed by atoms with Gasteiger partial charge in [0, 0.05) is 41.3 Å². The Morgan fingerprint density at radius 2 is 1.89 bits per heavy atom. The molecule has 2 aromatic heterocycles. The third-order valence-electron chi connectivity index (χ3n) is 10.0. The fraction of sp³-hybridized carbons (Fsp3) is 0.389. The summed E-state index contributed by atoms with van der Waals surface area (Å²) >= 11 is 0. The molecule has 7 N–H and O–H groups in total. The number of hydrogen-bond donors (Lipinski definition) is 6. The van der Waals surface area contributed by atoms with Gasteiger partial charge in [-0.3, -0.25) is 19.4 Å². The van der Waals surface area contributed by atoms with Gasteiger partial charge in [-0.25, -0.2) is 20.2 Å². The maximum atomic E-state index is 12.9. The van der Waals surface area contributed by atoms with E-state index >= 15 is 0 Å². The lowest BCUT2D eigenvalue weighted by atomic mass is 9.65. The Morgan fingerprint density at radius 1 is 1.11 bits per heavy atom. The number of aromatic nitrogens is 4. The Morgan fingerprint density at radius 3 is 2.62 bits per heavy atom. The monoisotopic (exact) mass is 726 g/mol. The van der Waals surface area contributed by atoms with E-state index in [1.807, 2.05) is 6.07 Å². The molecule has 17 nitrogen and oxygen atoms in total. The van der Waals surface area contributed by atoms with E-state index in [4.69, 9.17) is 15.2 Å². The van der Waals surface area contributed by atoms with Crippen LogP contribution in [-0.2, 0) is 21.5 Å². The van der Waals surface area contributed by atoms with Crippen LogP contribution in [0.5, 0.6) is 11.5 Å². The predicted octanol–water partition coefficient (Wildman–Crippen LogP) is 2.19. The van der Waals surface area contributed by atoms with Crippen molar-refractivity contribution in [2.75, 3.05) is 38.9 Å². The number of ether oxygens (including phenoxy) is 2. The minimum Gasteiger partial charge on any atom is -0.493 e. The summed E-state index contributed by atoms with van der Waals surface area (Å²) in [4.78, 5) is 66.9. The van der Waals surface area contributed by atoms with Gasteiger partial charge in [-0.2, -0.15) is 10.1 Å². The van der Waals surface area contributed by atoms with Gasteiger partial charge in [0.05, 0.1) is 32.7 Å². The van der Waals surface area contributed by atoms with Crippen molar-refractivity contribution in [1.29, 1.82) is 0 Å². The first-order valence-corrected chi connectivity index (χ1v) is 17.2. The highest BCUT2D eigenvalue weighted by atomic mass is 16.5. The molecule has 3 atom stereocenters. The number of likely N-dealkylation sites (N-methyl/N-ethyl adjacent to an activating group) is 1. The summed E-state index contributed by atoms with van der Waals surface area (Å²) in [7, 11) is 5.35. The molecule has 17 heteroatoms. The number of amides is 2. The number of aromatic amines is 1. The number of nitrogen functional groups attached to an aromatic ring is 1. The Bertz CT molecular complexity index is 2100. The lowest BCUT2D eigenvalue weighted by Gasteiger charge is -2.42. The molecule has 2 fully saturated rings. The number of hydrazone groups is 1. The van der Waals surface area contributed by atoms with Gasteiger partial charge >= 0.3 is 5.97 Å². The van der Waals surface area contributed by atoms with Gasteiger partial charge in [0.15, 0.2) is 22.7 Å². The molecule has 0 unspecified atom stereocenters. The molecule has 1 saturated carbocycles. The summed E-state index contributed by atoms with van der Waals surface area (Å²) < 4.78 is 11.0. The van der Waals surface area contributed by atoms with Gasteiger partial charge in [-0.15, -0.1) is 0 Å². The van der Waals surface area contributed by atoms with Crippen LogP contribution < -0.4 is 36.8 Å². The van der Waals surface area contributed by atoms with Crippen LogP contribution in [-0.4, -0.2) is 93.3 Å². The van der Waals surface area contributed by atoms with E-state index in [2.05, 4.69) is 65.2 Å². The van der Waals surface area contributed by atoms with Crippen LogP contribution in [0.3, 0.4) is 0 Å². The first-order valence-electron chi connectivity index (χ1n) is 17.2. The molecule has 6 rings (SSSR count). The summed E-state index contributed by atoms with van der Waals surface area (Å²) in [5.41, 5.74) is 11.2. The number of methoxy groups -OCH3 is 2. The minimum atomic E-state index is -1.29. The van der Waals surface area contributed by atoms with Crippen molar-refractivity contribution in [3.8, 4) is 11.5 Å². The zero-order valence-corrected chi connectivity index (χ0v) is 29.6. The molecule has 1 aliphatic heterocycles. The molecular weight excluding hydrogens is 684 g/mol. The number of rotatable bonds is 13. The van der Waals surface area contributed by atoms with Crippen LogP contribution in [0.15, 0.2) is 58.6 Å². The van der Waals surface area contributed by atoms with Crippen molar-refractivity contribution in [2.24, 2.45) is 5.10 Å². The molecule has 2 aromatic carbocycles. The SMILES string of the molecule is COc1ccc([C@@]23CC/C(=N\NC(=O)CC[C@H](NC(=O)c4ccc(NCc5cnc6nc(N)[nH]c(=O)c6n5)cc4)C(=O)O)C[C@@H]2N(C)CC3)cc1OC. The number of nitrogens with one attached hydrogen (secondary N) is 4. The summed E-state index contributed by atoms with van der Waals surface area (Å²) in [6.07, 6.45) is 4.43. The number of carboxylic acid groups (broad SMARTS) is 1. The predicted molar refractivity (Wildman–Crippen MR) is 196 cm³/mol. The zero-order chi connectivity index (χ0) is 37.7. The number of likely N-dealkylation sites (tertiary alicyclic amines) is 1. The lowest BCUT2D eigenvalue weighted by molar-refractivity contribution is -0.139. The molecule has 2 amide bonds. The standard InChI is InChI=1S/C36H42N10O7/c1-46-15-14-36(21-6-10-26(52-2)27(16-21)53-3)13-12-23(17-28(36)46)44-45-29(47)11-9-25(34(50)51)41-32(48)20-4-7-22(8-5-20)38-18-24-19-39-31-30(40-24)33(49)43-35(37)42-31/h4-8,10,16,19,25,28,38H,9,11-15,17-18H2,1-3H3,(H,41,48)(H,45,47)(H,50,51)(H3,37,39,42,43,49)/b44-23+/t25-,28-,36-/m0/s1. The number of carbonyl (C=O) groups excluding carboxylic acids is 2. The smallest absolute Gasteiger partial charge is 0.326 e. The number of carboxylic acids is 1. The largest absolute Gasteiger partial charge is 0.493 e. The highest BCUT2D eigenvalue weighted by Gasteiger charge is 2.50. The third kappa shape index (κ3) is 8.04. The van der Waals surface area contributed by atoms with Crippen molar-refractivity contribution < 1.29 is 29.0 Å². The quantitative estimate of drug-likeness (QED) is 0.109. The van der Waals surface area contributed by atoms with Crippen LogP contribution >= 0.6 is 0 Å². The van der Waals surface area contributed by atoms with Crippen molar-refractivity contribution in [3.05, 3.63) is 75.8 Å². The van der Waals surface area contributed by atoms with Gasteiger partial charge in [0.1, 0.15) is 6.04 Å². The molecule has 53 heavy (non-hydrogen) atoms. The molecule has 0 spiro atoms. The lowest BCUT2D eigenvalue weighted by Crippen LogP contribution is -2.46. The average Bonchev–Trinajstić information content (AvgIpc) is 3.50. The second kappa shape index (κ2) is 15.6. The van der Waals surface area contributed by atoms with Gasteiger partial charge < -0.3 is 35.8 Å². The first kappa shape index (κ1) is 36.7. The van der Waals surface area contributed by atoms with Crippen molar-refractivity contribution in [1.82, 2.24) is 35.6 Å².